The van der Waals surface area contributed by atoms with Crippen LogP contribution in [0.2, 0.25) is 0 Å². The number of aromatic amines is 1. The number of carbonyl (C=O) groups excluding carboxylic acids is 1. The summed E-state index contributed by atoms with van der Waals surface area (Å²) in [7, 11) is 0. The van der Waals surface area contributed by atoms with Crippen LogP contribution in [-0.4, -0.2) is 51.9 Å². The first-order valence-electron chi connectivity index (χ1n) is 7.75. The molecule has 0 aliphatic carbocycles. The molecule has 1 aliphatic heterocycles. The van der Waals surface area contributed by atoms with Gasteiger partial charge in [-0.1, -0.05) is 13.8 Å². The molecule has 2 rings (SSSR count). The summed E-state index contributed by atoms with van der Waals surface area (Å²) in [4.78, 5) is 30.1. The van der Waals surface area contributed by atoms with Crippen molar-refractivity contribution in [3.63, 3.8) is 0 Å². The van der Waals surface area contributed by atoms with Gasteiger partial charge in [-0.15, -0.1) is 0 Å². The zero-order valence-corrected chi connectivity index (χ0v) is 13.9. The van der Waals surface area contributed by atoms with E-state index in [9.17, 15) is 14.7 Å². The van der Waals surface area contributed by atoms with Gasteiger partial charge in [0.1, 0.15) is 23.9 Å². The normalized spacial score (nSPS) is 20.3. The van der Waals surface area contributed by atoms with Gasteiger partial charge in [0.05, 0.1) is 6.04 Å². The quantitative estimate of drug-likeness (QED) is 0.362. The molecule has 4 atom stereocenters. The summed E-state index contributed by atoms with van der Waals surface area (Å²) >= 11 is 0. The average molecular weight is 340 g/mol. The Labute approximate surface area is 139 Å². The van der Waals surface area contributed by atoms with Gasteiger partial charge in [-0.2, -0.15) is 4.98 Å². The highest BCUT2D eigenvalue weighted by atomic mass is 16.6. The van der Waals surface area contributed by atoms with Crippen molar-refractivity contribution in [1.29, 1.82) is 0 Å². The molecule has 0 radical (unpaired) electrons. The van der Waals surface area contributed by atoms with Crippen molar-refractivity contribution < 1.29 is 14.6 Å². The monoisotopic (exact) mass is 340 g/mol. The molecular weight excluding hydrogens is 316 g/mol. The Kier molecular flexibility index (Phi) is 5.30. The van der Waals surface area contributed by atoms with E-state index in [4.69, 9.17) is 16.2 Å². The molecule has 0 bridgehead atoms. The molecule has 8 N–H and O–H groups in total. The van der Waals surface area contributed by atoms with E-state index in [1.165, 1.54) is 0 Å². The van der Waals surface area contributed by atoms with Gasteiger partial charge in [0.2, 0.25) is 5.95 Å². The first-order valence-corrected chi connectivity index (χ1v) is 7.75. The van der Waals surface area contributed by atoms with Crippen LogP contribution in [0.1, 0.15) is 20.8 Å². The van der Waals surface area contributed by atoms with Crippen LogP contribution in [-0.2, 0) is 9.53 Å². The number of nitrogens with zero attached hydrogens (tertiary/aromatic N) is 1. The molecule has 2 heterocycles. The summed E-state index contributed by atoms with van der Waals surface area (Å²) in [6, 6.07) is -1.31. The fourth-order valence-corrected chi connectivity index (χ4v) is 2.33. The van der Waals surface area contributed by atoms with Crippen LogP contribution in [0, 0.1) is 5.92 Å². The number of esters is 1. The summed E-state index contributed by atoms with van der Waals surface area (Å²) in [5.41, 5.74) is 10.9. The fraction of sp³-hybridized carbons (Fsp3) is 0.643. The van der Waals surface area contributed by atoms with E-state index in [1.54, 1.807) is 6.92 Å². The van der Waals surface area contributed by atoms with E-state index in [0.717, 1.165) is 0 Å². The number of hydrogen-bond acceptors (Lipinski definition) is 9. The second-order valence-corrected chi connectivity index (χ2v) is 6.21. The summed E-state index contributed by atoms with van der Waals surface area (Å²) < 4.78 is 5.22. The molecule has 1 aromatic heterocycles. The average Bonchev–Trinajstić information content (AvgIpc) is 2.52. The van der Waals surface area contributed by atoms with Crippen molar-refractivity contribution in [2.45, 2.75) is 45.1 Å². The van der Waals surface area contributed by atoms with Gasteiger partial charge in [0.25, 0.3) is 5.56 Å². The minimum absolute atomic E-state index is 0.00276. The van der Waals surface area contributed by atoms with Gasteiger partial charge in [0.15, 0.2) is 5.82 Å². The SMILES string of the molecule is CC(C)C(N)C(=O)O[C@@H](C)[C@H](O)[C@H]1CNc2nc(N)[nH]c(=O)c2N1. The maximum absolute atomic E-state index is 11.9. The second kappa shape index (κ2) is 7.05. The number of nitrogen functional groups attached to an aromatic ring is 1. The summed E-state index contributed by atoms with van der Waals surface area (Å²) in [6.45, 7) is 5.46. The smallest absolute Gasteiger partial charge is 0.323 e. The number of nitrogens with one attached hydrogen (secondary N) is 3. The molecule has 1 aromatic rings. The molecule has 10 heteroatoms. The fourth-order valence-electron chi connectivity index (χ4n) is 2.33. The second-order valence-electron chi connectivity index (χ2n) is 6.21. The van der Waals surface area contributed by atoms with Crippen LogP contribution in [0.3, 0.4) is 0 Å². The molecule has 0 amide bonds. The Morgan fingerprint density at radius 3 is 2.71 bits per heavy atom. The molecular formula is C14H24N6O4. The highest BCUT2D eigenvalue weighted by molar-refractivity contribution is 5.76. The number of fused-ring (bicyclic) bond motifs is 1. The van der Waals surface area contributed by atoms with Gasteiger partial charge in [-0.25, -0.2) is 0 Å². The van der Waals surface area contributed by atoms with E-state index in [2.05, 4.69) is 20.6 Å². The van der Waals surface area contributed by atoms with Crippen molar-refractivity contribution >= 4 is 23.4 Å². The third-order valence-corrected chi connectivity index (χ3v) is 3.94. The van der Waals surface area contributed by atoms with Crippen LogP contribution in [0.15, 0.2) is 4.79 Å². The van der Waals surface area contributed by atoms with Crippen LogP contribution < -0.4 is 27.7 Å². The lowest BCUT2D eigenvalue weighted by Gasteiger charge is -2.33. The minimum atomic E-state index is -1.05. The Balaban J connectivity index is 2.04. The lowest BCUT2D eigenvalue weighted by molar-refractivity contribution is -0.156. The standard InChI is InChI=1S/C14H24N6O4/c1-5(2)8(15)13(23)24-6(3)10(21)7-4-17-11-9(18-7)12(22)20-14(16)19-11/h5-8,10,18,21H,4,15H2,1-3H3,(H4,16,17,19,20,22)/t6-,7+,8?,10-/m0/s1. The molecule has 10 nitrogen and oxygen atoms in total. The Hall–Kier alpha value is -2.33. The van der Waals surface area contributed by atoms with Gasteiger partial charge in [0, 0.05) is 6.54 Å². The lowest BCUT2D eigenvalue weighted by Crippen LogP contribution is -2.51. The number of ether oxygens (including phenoxy) is 1. The van der Waals surface area contributed by atoms with Crippen molar-refractivity contribution in [2.75, 3.05) is 22.9 Å². The molecule has 0 aromatic carbocycles. The maximum atomic E-state index is 11.9. The summed E-state index contributed by atoms with van der Waals surface area (Å²) in [5.74, 6) is -0.338. The lowest BCUT2D eigenvalue weighted by atomic mass is 10.0. The molecule has 0 fully saturated rings. The first-order chi connectivity index (χ1) is 11.2. The molecule has 0 saturated carbocycles. The Bertz CT molecular complexity index is 661. The highest BCUT2D eigenvalue weighted by Crippen LogP contribution is 2.22. The largest absolute Gasteiger partial charge is 0.459 e. The number of aliphatic hydroxyl groups excluding tert-OH is 1. The molecule has 0 saturated heterocycles. The van der Waals surface area contributed by atoms with Crippen LogP contribution in [0.4, 0.5) is 17.5 Å². The molecule has 1 aliphatic rings. The maximum Gasteiger partial charge on any atom is 0.323 e. The van der Waals surface area contributed by atoms with Crippen molar-refractivity contribution in [3.05, 3.63) is 10.4 Å². The van der Waals surface area contributed by atoms with Crippen molar-refractivity contribution in [3.8, 4) is 0 Å². The van der Waals surface area contributed by atoms with Gasteiger partial charge < -0.3 is 31.9 Å². The zero-order valence-electron chi connectivity index (χ0n) is 13.9. The molecule has 134 valence electrons. The minimum Gasteiger partial charge on any atom is -0.459 e. The highest BCUT2D eigenvalue weighted by Gasteiger charge is 2.33. The zero-order chi connectivity index (χ0) is 18.0. The van der Waals surface area contributed by atoms with E-state index in [-0.39, 0.29) is 24.1 Å². The number of aliphatic hydroxyl groups is 1. The number of hydrogen-bond donors (Lipinski definition) is 6. The Morgan fingerprint density at radius 2 is 2.08 bits per heavy atom. The van der Waals surface area contributed by atoms with E-state index < -0.39 is 35.8 Å². The van der Waals surface area contributed by atoms with E-state index in [0.29, 0.717) is 5.82 Å². The first kappa shape index (κ1) is 18.0. The predicted molar refractivity (Wildman–Crippen MR) is 89.5 cm³/mol. The van der Waals surface area contributed by atoms with Crippen LogP contribution in [0.25, 0.3) is 0 Å². The number of anilines is 3. The van der Waals surface area contributed by atoms with E-state index >= 15 is 0 Å². The van der Waals surface area contributed by atoms with Gasteiger partial charge >= 0.3 is 5.97 Å². The number of nitrogens with two attached hydrogens (primary N) is 2. The van der Waals surface area contributed by atoms with Crippen molar-refractivity contribution in [2.24, 2.45) is 11.7 Å². The van der Waals surface area contributed by atoms with Crippen molar-refractivity contribution in [1.82, 2.24) is 9.97 Å². The van der Waals surface area contributed by atoms with Crippen LogP contribution >= 0.6 is 0 Å². The molecule has 1 unspecified atom stereocenters. The van der Waals surface area contributed by atoms with E-state index in [1.807, 2.05) is 13.8 Å². The third-order valence-electron chi connectivity index (χ3n) is 3.94. The van der Waals surface area contributed by atoms with Gasteiger partial charge in [-0.3, -0.25) is 14.6 Å². The third kappa shape index (κ3) is 3.77. The number of carbonyl (C=O) groups is 1. The predicted octanol–water partition coefficient (Wildman–Crippen LogP) is -1.17. The molecule has 0 spiro atoms. The number of rotatable bonds is 5. The number of H-pyrrole nitrogens is 1. The van der Waals surface area contributed by atoms with Gasteiger partial charge in [-0.05, 0) is 12.8 Å². The molecule has 24 heavy (non-hydrogen) atoms. The summed E-state index contributed by atoms with van der Waals surface area (Å²) in [5, 5.41) is 16.2. The number of aromatic nitrogens is 2. The topological polar surface area (TPSA) is 168 Å². The Morgan fingerprint density at radius 1 is 1.42 bits per heavy atom. The summed E-state index contributed by atoms with van der Waals surface area (Å²) in [6.07, 6.45) is -1.85. The van der Waals surface area contributed by atoms with Crippen LogP contribution in [0.5, 0.6) is 0 Å².